The molecule has 8 nitrogen and oxygen atoms in total. The highest BCUT2D eigenvalue weighted by molar-refractivity contribution is 7.16. The molecule has 0 radical (unpaired) electrons. The van der Waals surface area contributed by atoms with Gasteiger partial charge in [-0.05, 0) is 17.7 Å². The molecule has 0 aliphatic rings. The first-order valence-electron chi connectivity index (χ1n) is 8.64. The molecule has 0 fully saturated rings. The molecular weight excluding hydrogens is 394 g/mol. The number of esters is 1. The number of amides is 1. The first kappa shape index (κ1) is 20.2. The summed E-state index contributed by atoms with van der Waals surface area (Å²) in [7, 11) is 1.30. The fourth-order valence-corrected chi connectivity index (χ4v) is 3.74. The molecule has 0 atom stereocenters. The number of aromatic nitrogens is 1. The van der Waals surface area contributed by atoms with E-state index in [0.29, 0.717) is 15.0 Å². The molecule has 148 valence electrons. The van der Waals surface area contributed by atoms with Crippen LogP contribution in [-0.2, 0) is 20.9 Å². The molecule has 9 heteroatoms. The van der Waals surface area contributed by atoms with Crippen molar-refractivity contribution in [1.29, 1.82) is 0 Å². The van der Waals surface area contributed by atoms with Crippen molar-refractivity contribution in [3.63, 3.8) is 0 Å². The lowest BCUT2D eigenvalue weighted by molar-refractivity contribution is -0.384. The molecular formula is C20H17N3O5S. The van der Waals surface area contributed by atoms with E-state index in [1.807, 2.05) is 30.3 Å². The van der Waals surface area contributed by atoms with Crippen LogP contribution in [0.1, 0.15) is 12.0 Å². The van der Waals surface area contributed by atoms with E-state index >= 15 is 0 Å². The highest BCUT2D eigenvalue weighted by atomic mass is 32.1. The third-order valence-corrected chi connectivity index (χ3v) is 5.11. The Balaban J connectivity index is 2.00. The molecule has 0 aliphatic heterocycles. The number of hydrogen-bond acceptors (Lipinski definition) is 6. The van der Waals surface area contributed by atoms with Crippen molar-refractivity contribution in [2.45, 2.75) is 13.0 Å². The summed E-state index contributed by atoms with van der Waals surface area (Å²) in [6.45, 7) is 0.235. The minimum Gasteiger partial charge on any atom is -0.469 e. The van der Waals surface area contributed by atoms with Crippen molar-refractivity contribution in [2.75, 3.05) is 7.11 Å². The number of ether oxygens (including phenoxy) is 1. The van der Waals surface area contributed by atoms with Crippen LogP contribution in [0, 0.1) is 10.1 Å². The van der Waals surface area contributed by atoms with E-state index in [0.717, 1.165) is 16.9 Å². The highest BCUT2D eigenvalue weighted by Gasteiger charge is 2.13. The van der Waals surface area contributed by atoms with Crippen LogP contribution in [-0.4, -0.2) is 28.5 Å². The molecule has 2 aromatic carbocycles. The molecule has 1 amide bonds. The van der Waals surface area contributed by atoms with Crippen LogP contribution in [0.2, 0.25) is 0 Å². The van der Waals surface area contributed by atoms with Crippen molar-refractivity contribution in [2.24, 2.45) is 4.99 Å². The number of hydrogen-bond donors (Lipinski definition) is 0. The number of fused-ring (bicyclic) bond motifs is 1. The summed E-state index contributed by atoms with van der Waals surface area (Å²) in [6.07, 6.45) is 3.09. The van der Waals surface area contributed by atoms with Crippen LogP contribution in [0.3, 0.4) is 0 Å². The Kier molecular flexibility index (Phi) is 6.30. The number of carbonyl (C=O) groups excluding carboxylic acids is 2. The second kappa shape index (κ2) is 9.07. The van der Waals surface area contributed by atoms with Gasteiger partial charge in [-0.15, -0.1) is 0 Å². The number of benzene rings is 2. The van der Waals surface area contributed by atoms with Crippen LogP contribution >= 0.6 is 11.3 Å². The van der Waals surface area contributed by atoms with E-state index in [1.165, 1.54) is 25.3 Å². The topological polar surface area (TPSA) is 104 Å². The molecule has 0 N–H and O–H groups in total. The molecule has 1 heterocycles. The van der Waals surface area contributed by atoms with Crippen molar-refractivity contribution >= 4 is 45.2 Å². The number of rotatable bonds is 6. The number of thiazole rings is 1. The molecule has 0 unspecified atom stereocenters. The van der Waals surface area contributed by atoms with Gasteiger partial charge in [-0.3, -0.25) is 19.7 Å². The summed E-state index contributed by atoms with van der Waals surface area (Å²) in [4.78, 5) is 38.9. The molecule has 1 aromatic heterocycles. The maximum absolute atomic E-state index is 12.3. The van der Waals surface area contributed by atoms with Gasteiger partial charge in [-0.1, -0.05) is 41.7 Å². The molecule has 0 saturated carbocycles. The van der Waals surface area contributed by atoms with Gasteiger partial charge in [0.15, 0.2) is 4.80 Å². The average molecular weight is 411 g/mol. The number of non-ortho nitro benzene ring substituents is 1. The zero-order chi connectivity index (χ0) is 20.8. The van der Waals surface area contributed by atoms with E-state index in [9.17, 15) is 19.7 Å². The van der Waals surface area contributed by atoms with Crippen LogP contribution < -0.4 is 4.80 Å². The zero-order valence-electron chi connectivity index (χ0n) is 15.5. The molecule has 0 spiro atoms. The Hall–Kier alpha value is -3.59. The average Bonchev–Trinajstić information content (AvgIpc) is 3.07. The van der Waals surface area contributed by atoms with E-state index < -0.39 is 16.8 Å². The predicted octanol–water partition coefficient (Wildman–Crippen LogP) is 3.31. The second-order valence-electron chi connectivity index (χ2n) is 5.97. The summed E-state index contributed by atoms with van der Waals surface area (Å²) in [5, 5.41) is 11.0. The SMILES string of the molecule is COC(=O)CCn1c(=NC(=O)/C=C/c2ccccc2)sc2cc([N+](=O)[O-])ccc21. The fourth-order valence-electron chi connectivity index (χ4n) is 2.65. The third kappa shape index (κ3) is 5.02. The minimum absolute atomic E-state index is 0.0549. The smallest absolute Gasteiger partial charge is 0.307 e. The quantitative estimate of drug-likeness (QED) is 0.268. The normalized spacial score (nSPS) is 11.8. The lowest BCUT2D eigenvalue weighted by Crippen LogP contribution is -2.18. The first-order chi connectivity index (χ1) is 14.0. The van der Waals surface area contributed by atoms with Crippen LogP contribution in [0.25, 0.3) is 16.3 Å². The maximum Gasteiger partial charge on any atom is 0.307 e. The van der Waals surface area contributed by atoms with E-state index in [4.69, 9.17) is 0 Å². The monoisotopic (exact) mass is 411 g/mol. The maximum atomic E-state index is 12.3. The van der Waals surface area contributed by atoms with Gasteiger partial charge in [0.2, 0.25) is 0 Å². The van der Waals surface area contributed by atoms with Gasteiger partial charge >= 0.3 is 5.97 Å². The molecule has 3 aromatic rings. The summed E-state index contributed by atoms with van der Waals surface area (Å²) in [5.74, 6) is -0.873. The Labute approximate surface area is 169 Å². The molecule has 0 bridgehead atoms. The Morgan fingerprint density at radius 1 is 1.24 bits per heavy atom. The molecule has 0 aliphatic carbocycles. The number of aryl methyl sites for hydroxylation is 1. The summed E-state index contributed by atoms with van der Waals surface area (Å²) in [6, 6.07) is 13.7. The van der Waals surface area contributed by atoms with Gasteiger partial charge in [0, 0.05) is 24.8 Å². The van der Waals surface area contributed by atoms with Gasteiger partial charge < -0.3 is 9.30 Å². The first-order valence-corrected chi connectivity index (χ1v) is 9.46. The summed E-state index contributed by atoms with van der Waals surface area (Å²) in [5.41, 5.74) is 1.46. The summed E-state index contributed by atoms with van der Waals surface area (Å²) < 4.78 is 6.96. The fraction of sp³-hybridized carbons (Fsp3) is 0.150. The van der Waals surface area contributed by atoms with E-state index in [2.05, 4.69) is 9.73 Å². The number of carbonyl (C=O) groups is 2. The minimum atomic E-state index is -0.484. The largest absolute Gasteiger partial charge is 0.469 e. The van der Waals surface area contributed by atoms with Gasteiger partial charge in [0.1, 0.15) is 0 Å². The number of nitro benzene ring substituents is 1. The summed E-state index contributed by atoms with van der Waals surface area (Å²) >= 11 is 1.15. The van der Waals surface area contributed by atoms with Gasteiger partial charge in [0.25, 0.3) is 11.6 Å². The van der Waals surface area contributed by atoms with Crippen LogP contribution in [0.4, 0.5) is 5.69 Å². The Morgan fingerprint density at radius 3 is 2.69 bits per heavy atom. The van der Waals surface area contributed by atoms with Crippen molar-refractivity contribution in [1.82, 2.24) is 4.57 Å². The predicted molar refractivity (Wildman–Crippen MR) is 109 cm³/mol. The van der Waals surface area contributed by atoms with Crippen molar-refractivity contribution < 1.29 is 19.2 Å². The van der Waals surface area contributed by atoms with Gasteiger partial charge in [-0.25, -0.2) is 0 Å². The number of nitro groups is 1. The van der Waals surface area contributed by atoms with Gasteiger partial charge in [-0.2, -0.15) is 4.99 Å². The lowest BCUT2D eigenvalue weighted by atomic mass is 10.2. The van der Waals surface area contributed by atoms with Crippen molar-refractivity contribution in [3.05, 3.63) is 75.1 Å². The van der Waals surface area contributed by atoms with E-state index in [1.54, 1.807) is 16.7 Å². The number of nitrogens with zero attached hydrogens (tertiary/aromatic N) is 3. The number of methoxy groups -OCH3 is 1. The zero-order valence-corrected chi connectivity index (χ0v) is 16.3. The third-order valence-electron chi connectivity index (χ3n) is 4.07. The second-order valence-corrected chi connectivity index (χ2v) is 6.97. The highest BCUT2D eigenvalue weighted by Crippen LogP contribution is 2.23. The standard InChI is InChI=1S/C20H17N3O5S/c1-28-19(25)11-12-22-16-9-8-15(23(26)27)13-17(16)29-20(22)21-18(24)10-7-14-5-3-2-4-6-14/h2-10,13H,11-12H2,1H3/b10-7+,21-20?. The van der Waals surface area contributed by atoms with Crippen molar-refractivity contribution in [3.8, 4) is 0 Å². The van der Waals surface area contributed by atoms with Crippen LogP contribution in [0.5, 0.6) is 0 Å². The van der Waals surface area contributed by atoms with Gasteiger partial charge in [0.05, 0.1) is 28.7 Å². The van der Waals surface area contributed by atoms with E-state index in [-0.39, 0.29) is 18.7 Å². The molecule has 29 heavy (non-hydrogen) atoms. The molecule has 0 saturated heterocycles. The van der Waals surface area contributed by atoms with Crippen LogP contribution in [0.15, 0.2) is 59.6 Å². The lowest BCUT2D eigenvalue weighted by Gasteiger charge is -2.04. The Bertz CT molecular complexity index is 1160. The Morgan fingerprint density at radius 2 is 2.00 bits per heavy atom. The molecule has 3 rings (SSSR count).